The molecule has 1 aromatic heterocycles. The Morgan fingerprint density at radius 2 is 1.92 bits per heavy atom. The number of fused-ring (bicyclic) bond motifs is 1. The van der Waals surface area contributed by atoms with Crippen LogP contribution in [0, 0.1) is 0 Å². The molecule has 1 fully saturated rings. The number of nitrogens with one attached hydrogen (secondary N) is 3. The van der Waals surface area contributed by atoms with Gasteiger partial charge in [-0.15, -0.1) is 0 Å². The molecule has 1 heterocycles. The summed E-state index contributed by atoms with van der Waals surface area (Å²) in [7, 11) is 0. The van der Waals surface area contributed by atoms with E-state index in [4.69, 9.17) is 0 Å². The van der Waals surface area contributed by atoms with Crippen molar-refractivity contribution in [2.45, 2.75) is 38.1 Å². The van der Waals surface area contributed by atoms with Gasteiger partial charge in [-0.25, -0.2) is 0 Å². The lowest BCUT2D eigenvalue weighted by atomic mass is 10.1. The third kappa shape index (κ3) is 3.65. The monoisotopic (exact) mass is 334 g/mol. The van der Waals surface area contributed by atoms with Crippen LogP contribution in [0.25, 0.3) is 10.9 Å². The number of aromatic nitrogens is 2. The predicted molar refractivity (Wildman–Crippen MR) is 101 cm³/mol. The van der Waals surface area contributed by atoms with Crippen molar-refractivity contribution in [3.05, 3.63) is 54.1 Å². The molecule has 1 amide bonds. The van der Waals surface area contributed by atoms with Crippen LogP contribution >= 0.6 is 0 Å². The van der Waals surface area contributed by atoms with Crippen molar-refractivity contribution in [3.63, 3.8) is 0 Å². The molecular weight excluding hydrogens is 312 g/mol. The summed E-state index contributed by atoms with van der Waals surface area (Å²) in [5.41, 5.74) is 3.00. The number of carbonyl (C=O) groups is 1. The van der Waals surface area contributed by atoms with Gasteiger partial charge in [0.2, 0.25) is 5.91 Å². The molecule has 25 heavy (non-hydrogen) atoms. The summed E-state index contributed by atoms with van der Waals surface area (Å²) in [5, 5.41) is 14.7. The first-order valence-electron chi connectivity index (χ1n) is 8.86. The Bertz CT molecular complexity index is 866. The van der Waals surface area contributed by atoms with E-state index in [0.717, 1.165) is 22.2 Å². The molecule has 5 heteroatoms. The van der Waals surface area contributed by atoms with E-state index in [9.17, 15) is 4.79 Å². The van der Waals surface area contributed by atoms with E-state index in [-0.39, 0.29) is 5.91 Å². The molecule has 0 bridgehead atoms. The molecule has 1 aliphatic carbocycles. The molecule has 0 atom stereocenters. The highest BCUT2D eigenvalue weighted by Gasteiger charge is 2.15. The molecule has 0 radical (unpaired) electrons. The number of carbonyl (C=O) groups excluding carboxylic acids is 1. The van der Waals surface area contributed by atoms with Crippen molar-refractivity contribution >= 4 is 28.3 Å². The lowest BCUT2D eigenvalue weighted by molar-refractivity contribution is -0.115. The highest BCUT2D eigenvalue weighted by atomic mass is 16.1. The van der Waals surface area contributed by atoms with Gasteiger partial charge in [-0.05, 0) is 36.6 Å². The van der Waals surface area contributed by atoms with Crippen LogP contribution in [0.2, 0.25) is 0 Å². The van der Waals surface area contributed by atoms with Crippen molar-refractivity contribution in [2.75, 3.05) is 10.6 Å². The fraction of sp³-hybridized carbons (Fsp3) is 0.300. The van der Waals surface area contributed by atoms with E-state index in [1.54, 1.807) is 0 Å². The summed E-state index contributed by atoms with van der Waals surface area (Å²) in [4.78, 5) is 12.3. The molecule has 128 valence electrons. The number of benzene rings is 2. The molecular formula is C20H22N4O. The van der Waals surface area contributed by atoms with Gasteiger partial charge in [0.1, 0.15) is 0 Å². The molecule has 0 aliphatic heterocycles. The van der Waals surface area contributed by atoms with Crippen LogP contribution in [0.5, 0.6) is 0 Å². The van der Waals surface area contributed by atoms with E-state index in [1.807, 2.05) is 36.4 Å². The smallest absolute Gasteiger partial charge is 0.230 e. The summed E-state index contributed by atoms with van der Waals surface area (Å²) in [5.74, 6) is 0.528. The molecule has 3 N–H and O–H groups in total. The molecule has 0 saturated heterocycles. The summed E-state index contributed by atoms with van der Waals surface area (Å²) < 4.78 is 0. The number of anilines is 2. The second kappa shape index (κ2) is 6.97. The summed E-state index contributed by atoms with van der Waals surface area (Å²) in [6, 6.07) is 16.4. The molecule has 2 aromatic carbocycles. The first-order chi connectivity index (χ1) is 12.3. The number of hydrogen-bond donors (Lipinski definition) is 3. The van der Waals surface area contributed by atoms with Gasteiger partial charge in [0, 0.05) is 17.1 Å². The Morgan fingerprint density at radius 1 is 1.12 bits per heavy atom. The van der Waals surface area contributed by atoms with Gasteiger partial charge >= 0.3 is 0 Å². The van der Waals surface area contributed by atoms with Gasteiger partial charge in [0.25, 0.3) is 0 Å². The Kier molecular flexibility index (Phi) is 4.37. The van der Waals surface area contributed by atoms with Crippen LogP contribution in [-0.2, 0) is 11.2 Å². The fourth-order valence-electron chi connectivity index (χ4n) is 3.46. The van der Waals surface area contributed by atoms with Gasteiger partial charge in [-0.2, -0.15) is 5.10 Å². The zero-order valence-corrected chi connectivity index (χ0v) is 14.1. The molecule has 0 spiro atoms. The highest BCUT2D eigenvalue weighted by Crippen LogP contribution is 2.27. The molecule has 4 rings (SSSR count). The highest BCUT2D eigenvalue weighted by molar-refractivity contribution is 6.01. The minimum atomic E-state index is -0.0613. The van der Waals surface area contributed by atoms with Crippen LogP contribution in [0.15, 0.2) is 48.5 Å². The van der Waals surface area contributed by atoms with Crippen LogP contribution in [0.4, 0.5) is 11.5 Å². The maximum atomic E-state index is 12.3. The molecule has 1 aliphatic rings. The first-order valence-corrected chi connectivity index (χ1v) is 8.86. The van der Waals surface area contributed by atoms with Crippen LogP contribution in [0.3, 0.4) is 0 Å². The van der Waals surface area contributed by atoms with E-state index < -0.39 is 0 Å². The first kappa shape index (κ1) is 15.7. The Morgan fingerprint density at radius 3 is 2.72 bits per heavy atom. The van der Waals surface area contributed by atoms with Gasteiger partial charge < -0.3 is 10.6 Å². The summed E-state index contributed by atoms with van der Waals surface area (Å²) >= 11 is 0. The van der Waals surface area contributed by atoms with Crippen LogP contribution in [0.1, 0.15) is 31.2 Å². The standard InChI is InChI=1S/C20H22N4O/c25-19(12-14-6-2-1-3-7-14)22-20-17-13-16(10-11-18(17)23-24-20)21-15-8-4-5-9-15/h1-3,6-7,10-11,13,15,21H,4-5,8-9,12H2,(H2,22,23,24,25). The van der Waals surface area contributed by atoms with E-state index in [0.29, 0.717) is 18.3 Å². The Balaban J connectivity index is 1.49. The van der Waals surface area contributed by atoms with Gasteiger partial charge in [-0.3, -0.25) is 9.89 Å². The van der Waals surface area contributed by atoms with E-state index in [2.05, 4.69) is 33.0 Å². The minimum absolute atomic E-state index is 0.0613. The Hall–Kier alpha value is -2.82. The number of amides is 1. The van der Waals surface area contributed by atoms with Crippen LogP contribution < -0.4 is 10.6 Å². The second-order valence-electron chi connectivity index (χ2n) is 6.67. The quantitative estimate of drug-likeness (QED) is 0.658. The minimum Gasteiger partial charge on any atom is -0.382 e. The van der Waals surface area contributed by atoms with Crippen molar-refractivity contribution in [1.82, 2.24) is 10.2 Å². The lowest BCUT2D eigenvalue weighted by Gasteiger charge is -2.13. The normalized spacial score (nSPS) is 14.7. The predicted octanol–water partition coefficient (Wildman–Crippen LogP) is 4.10. The fourth-order valence-corrected chi connectivity index (χ4v) is 3.46. The Labute approximate surface area is 146 Å². The maximum Gasteiger partial charge on any atom is 0.230 e. The van der Waals surface area contributed by atoms with Crippen molar-refractivity contribution in [3.8, 4) is 0 Å². The number of nitrogens with zero attached hydrogens (tertiary/aromatic N) is 1. The number of hydrogen-bond acceptors (Lipinski definition) is 3. The van der Waals surface area contributed by atoms with E-state index >= 15 is 0 Å². The SMILES string of the molecule is O=C(Cc1ccccc1)Nc1n[nH]c2ccc(NC3CCCC3)cc12. The summed E-state index contributed by atoms with van der Waals surface area (Å²) in [6.45, 7) is 0. The van der Waals surface area contributed by atoms with Gasteiger partial charge in [0.05, 0.1) is 11.9 Å². The molecule has 3 aromatic rings. The number of H-pyrrole nitrogens is 1. The largest absolute Gasteiger partial charge is 0.382 e. The van der Waals surface area contributed by atoms with Crippen molar-refractivity contribution in [1.29, 1.82) is 0 Å². The van der Waals surface area contributed by atoms with Crippen molar-refractivity contribution < 1.29 is 4.79 Å². The maximum absolute atomic E-state index is 12.3. The number of aromatic amines is 1. The second-order valence-corrected chi connectivity index (χ2v) is 6.67. The zero-order chi connectivity index (χ0) is 17.1. The summed E-state index contributed by atoms with van der Waals surface area (Å²) in [6.07, 6.45) is 5.39. The molecule has 0 unspecified atom stereocenters. The van der Waals surface area contributed by atoms with E-state index in [1.165, 1.54) is 25.7 Å². The van der Waals surface area contributed by atoms with Crippen LogP contribution in [-0.4, -0.2) is 22.1 Å². The number of rotatable bonds is 5. The lowest BCUT2D eigenvalue weighted by Crippen LogP contribution is -2.15. The average molecular weight is 334 g/mol. The average Bonchev–Trinajstić information content (AvgIpc) is 3.26. The van der Waals surface area contributed by atoms with Gasteiger partial charge in [-0.1, -0.05) is 43.2 Å². The topological polar surface area (TPSA) is 69.8 Å². The third-order valence-corrected chi connectivity index (χ3v) is 4.75. The zero-order valence-electron chi connectivity index (χ0n) is 14.1. The third-order valence-electron chi connectivity index (χ3n) is 4.75. The molecule has 1 saturated carbocycles. The van der Waals surface area contributed by atoms with Crippen molar-refractivity contribution in [2.24, 2.45) is 0 Å². The van der Waals surface area contributed by atoms with Gasteiger partial charge in [0.15, 0.2) is 5.82 Å². The molecule has 5 nitrogen and oxygen atoms in total.